The van der Waals surface area contributed by atoms with Crippen molar-refractivity contribution in [3.8, 4) is 0 Å². The van der Waals surface area contributed by atoms with Crippen molar-refractivity contribution in [2.24, 2.45) is 0 Å². The van der Waals surface area contributed by atoms with Crippen LogP contribution in [0.1, 0.15) is 99.3 Å². The number of hydrogen-bond donors (Lipinski definition) is 6. The summed E-state index contributed by atoms with van der Waals surface area (Å²) in [6, 6.07) is 0. The fourth-order valence-electron chi connectivity index (χ4n) is 5.22. The summed E-state index contributed by atoms with van der Waals surface area (Å²) in [5, 5.41) is 61.6. The van der Waals surface area contributed by atoms with Crippen LogP contribution in [-0.2, 0) is 0 Å². The van der Waals surface area contributed by atoms with Gasteiger partial charge in [-0.3, -0.25) is 9.80 Å². The zero-order valence-corrected chi connectivity index (χ0v) is 28.8. The third-order valence-corrected chi connectivity index (χ3v) is 8.49. The Morgan fingerprint density at radius 1 is 0.302 bits per heavy atom. The molecular weight excluding hydrogens is 548 g/mol. The van der Waals surface area contributed by atoms with Gasteiger partial charge in [-0.2, -0.15) is 0 Å². The van der Waals surface area contributed by atoms with Gasteiger partial charge in [0.25, 0.3) is 0 Å². The van der Waals surface area contributed by atoms with Crippen LogP contribution in [0.15, 0.2) is 0 Å². The molecule has 0 rings (SSSR count). The Kier molecular flexibility index (Phi) is 26.5. The lowest BCUT2D eigenvalue weighted by Gasteiger charge is -2.31. The van der Waals surface area contributed by atoms with Crippen molar-refractivity contribution in [3.05, 3.63) is 0 Å². The van der Waals surface area contributed by atoms with Crippen LogP contribution < -0.4 is 0 Å². The fourth-order valence-corrected chi connectivity index (χ4v) is 5.22. The highest BCUT2D eigenvalue weighted by atomic mass is 16.3. The van der Waals surface area contributed by atoms with E-state index in [2.05, 4.69) is 19.6 Å². The summed E-state index contributed by atoms with van der Waals surface area (Å²) in [6.45, 7) is 20.3. The Morgan fingerprint density at radius 3 is 0.651 bits per heavy atom. The molecule has 260 valence electrons. The molecule has 0 radical (unpaired) electrons. The smallest absolute Gasteiger partial charge is 0.0664 e. The van der Waals surface area contributed by atoms with Crippen molar-refractivity contribution in [1.82, 2.24) is 19.6 Å². The summed E-state index contributed by atoms with van der Waals surface area (Å²) in [5.41, 5.74) is 0. The first-order valence-electron chi connectivity index (χ1n) is 17.5. The maximum atomic E-state index is 10.4. The van der Waals surface area contributed by atoms with Crippen LogP contribution in [0.3, 0.4) is 0 Å². The van der Waals surface area contributed by atoms with Crippen LogP contribution in [0.4, 0.5) is 0 Å². The molecule has 0 bridgehead atoms. The standard InChI is InChI=1S/C33H72N4O6/c1-7-28(38)22-34(18-14-20-36(24-30(40)9-3)25-31(41)10-4)16-13-17-35(23-29(39)8-2)19-15-21-37(26-32(42)11-5)27-33(43)12-6/h28-33,38-43H,7-27H2,1-6H3. The summed E-state index contributed by atoms with van der Waals surface area (Å²) in [5.74, 6) is 0. The van der Waals surface area contributed by atoms with E-state index in [-0.39, 0.29) is 12.2 Å². The average molecular weight is 621 g/mol. The highest BCUT2D eigenvalue weighted by Gasteiger charge is 2.18. The van der Waals surface area contributed by atoms with E-state index in [4.69, 9.17) is 0 Å². The van der Waals surface area contributed by atoms with Gasteiger partial charge in [-0.1, -0.05) is 41.5 Å². The second kappa shape index (κ2) is 26.8. The Morgan fingerprint density at radius 2 is 0.465 bits per heavy atom. The SMILES string of the molecule is CCC(O)CN(CCCN(CCCN(CC(O)CC)CC(O)CC)CC(O)CC)CCCN(CC(O)CC)CC(O)CC. The minimum atomic E-state index is -0.396. The Hall–Kier alpha value is -0.400. The van der Waals surface area contributed by atoms with Gasteiger partial charge < -0.3 is 40.4 Å². The largest absolute Gasteiger partial charge is 0.392 e. The summed E-state index contributed by atoms with van der Waals surface area (Å²) in [4.78, 5) is 8.97. The number of aliphatic hydroxyl groups is 6. The maximum absolute atomic E-state index is 10.4. The molecular formula is C33H72N4O6. The molecule has 0 aromatic heterocycles. The highest BCUT2D eigenvalue weighted by molar-refractivity contribution is 4.73. The zero-order valence-electron chi connectivity index (χ0n) is 28.8. The molecule has 0 spiro atoms. The van der Waals surface area contributed by atoms with E-state index in [0.717, 1.165) is 58.5 Å². The zero-order chi connectivity index (χ0) is 32.6. The van der Waals surface area contributed by atoms with Crippen molar-refractivity contribution >= 4 is 0 Å². The Balaban J connectivity index is 5.11. The molecule has 43 heavy (non-hydrogen) atoms. The molecule has 6 N–H and O–H groups in total. The third-order valence-electron chi connectivity index (χ3n) is 8.49. The molecule has 10 heteroatoms. The molecule has 0 aromatic rings. The van der Waals surface area contributed by atoms with E-state index >= 15 is 0 Å². The molecule has 0 aliphatic heterocycles. The third kappa shape index (κ3) is 22.7. The molecule has 6 unspecified atom stereocenters. The van der Waals surface area contributed by atoms with Crippen LogP contribution in [-0.4, -0.2) is 165 Å². The quantitative estimate of drug-likeness (QED) is 0.0708. The second-order valence-electron chi connectivity index (χ2n) is 12.6. The molecule has 0 heterocycles. The second-order valence-corrected chi connectivity index (χ2v) is 12.6. The first-order chi connectivity index (χ1) is 20.5. The Labute approximate surface area is 264 Å². The molecule has 0 aromatic carbocycles. The minimum absolute atomic E-state index is 0.374. The van der Waals surface area contributed by atoms with E-state index in [1.165, 1.54) is 0 Å². The highest BCUT2D eigenvalue weighted by Crippen LogP contribution is 2.08. The van der Waals surface area contributed by atoms with Gasteiger partial charge in [0.2, 0.25) is 0 Å². The van der Waals surface area contributed by atoms with Crippen molar-refractivity contribution in [2.75, 3.05) is 78.5 Å². The van der Waals surface area contributed by atoms with E-state index in [9.17, 15) is 30.6 Å². The molecule has 0 aliphatic rings. The monoisotopic (exact) mass is 621 g/mol. The minimum Gasteiger partial charge on any atom is -0.392 e. The summed E-state index contributed by atoms with van der Waals surface area (Å²) in [6.07, 6.45) is 4.55. The summed E-state index contributed by atoms with van der Waals surface area (Å²) < 4.78 is 0. The van der Waals surface area contributed by atoms with E-state index in [1.807, 2.05) is 41.5 Å². The predicted molar refractivity (Wildman–Crippen MR) is 177 cm³/mol. The predicted octanol–water partition coefficient (Wildman–Crippen LogP) is 1.99. The van der Waals surface area contributed by atoms with Crippen molar-refractivity contribution in [1.29, 1.82) is 0 Å². The molecule has 0 aliphatic carbocycles. The first kappa shape index (κ1) is 42.6. The van der Waals surface area contributed by atoms with Gasteiger partial charge in [0.05, 0.1) is 36.6 Å². The Bertz CT molecular complexity index is 548. The number of nitrogens with zero attached hydrogens (tertiary/aromatic N) is 4. The van der Waals surface area contributed by atoms with Crippen LogP contribution in [0.25, 0.3) is 0 Å². The lowest BCUT2D eigenvalue weighted by atomic mass is 10.2. The molecule has 0 saturated heterocycles. The lowest BCUT2D eigenvalue weighted by Crippen LogP contribution is -2.41. The maximum Gasteiger partial charge on any atom is 0.0664 e. The van der Waals surface area contributed by atoms with E-state index in [1.54, 1.807) is 0 Å². The first-order valence-corrected chi connectivity index (χ1v) is 17.5. The van der Waals surface area contributed by atoms with Gasteiger partial charge in [0.1, 0.15) is 0 Å². The summed E-state index contributed by atoms with van der Waals surface area (Å²) >= 11 is 0. The molecule has 0 saturated carbocycles. The van der Waals surface area contributed by atoms with Crippen molar-refractivity contribution in [3.63, 3.8) is 0 Å². The van der Waals surface area contributed by atoms with Gasteiger partial charge in [-0.15, -0.1) is 0 Å². The van der Waals surface area contributed by atoms with Crippen LogP contribution in [0.2, 0.25) is 0 Å². The van der Waals surface area contributed by atoms with Gasteiger partial charge in [-0.25, -0.2) is 0 Å². The van der Waals surface area contributed by atoms with Crippen molar-refractivity contribution in [2.45, 2.75) is 136 Å². The topological polar surface area (TPSA) is 134 Å². The van der Waals surface area contributed by atoms with Crippen molar-refractivity contribution < 1.29 is 30.6 Å². The van der Waals surface area contributed by atoms with Gasteiger partial charge in [0.15, 0.2) is 0 Å². The summed E-state index contributed by atoms with van der Waals surface area (Å²) in [7, 11) is 0. The number of aliphatic hydroxyl groups excluding tert-OH is 6. The van der Waals surface area contributed by atoms with Gasteiger partial charge >= 0.3 is 0 Å². The lowest BCUT2D eigenvalue weighted by molar-refractivity contribution is 0.0597. The normalized spacial score (nSPS) is 16.7. The van der Waals surface area contributed by atoms with Crippen LogP contribution >= 0.6 is 0 Å². The van der Waals surface area contributed by atoms with Crippen LogP contribution in [0.5, 0.6) is 0 Å². The van der Waals surface area contributed by atoms with Gasteiger partial charge in [-0.05, 0) is 97.1 Å². The average Bonchev–Trinajstić information content (AvgIpc) is 2.99. The molecule has 0 amide bonds. The molecule has 10 nitrogen and oxygen atoms in total. The van der Waals surface area contributed by atoms with Gasteiger partial charge in [0, 0.05) is 39.3 Å². The number of hydrogen-bond acceptors (Lipinski definition) is 10. The number of rotatable bonds is 30. The molecule has 6 atom stereocenters. The fraction of sp³-hybridized carbons (Fsp3) is 1.00. The van der Waals surface area contributed by atoms with E-state index in [0.29, 0.717) is 77.8 Å². The van der Waals surface area contributed by atoms with E-state index < -0.39 is 24.4 Å². The van der Waals surface area contributed by atoms with Crippen LogP contribution in [0, 0.1) is 0 Å². The molecule has 0 fully saturated rings.